The van der Waals surface area contributed by atoms with Crippen molar-refractivity contribution in [2.24, 2.45) is 0 Å². The van der Waals surface area contributed by atoms with Gasteiger partial charge in [-0.05, 0) is 23.6 Å². The van der Waals surface area contributed by atoms with Gasteiger partial charge < -0.3 is 5.73 Å². The molecule has 1 aromatic heterocycles. The third-order valence-corrected chi connectivity index (χ3v) is 4.36. The first-order valence-electron chi connectivity index (χ1n) is 6.30. The number of benzene rings is 1. The second kappa shape index (κ2) is 6.02. The van der Waals surface area contributed by atoms with Crippen LogP contribution in [0.15, 0.2) is 47.5 Å². The molecule has 6 heteroatoms. The van der Waals surface area contributed by atoms with Crippen molar-refractivity contribution in [3.63, 3.8) is 0 Å². The van der Waals surface area contributed by atoms with Crippen molar-refractivity contribution in [1.29, 1.82) is 0 Å². The molecular formula is C14H17N3O2S. The molecule has 0 fully saturated rings. The Bertz CT molecular complexity index is 682. The van der Waals surface area contributed by atoms with E-state index in [0.717, 1.165) is 12.0 Å². The van der Waals surface area contributed by atoms with Crippen LogP contribution >= 0.6 is 0 Å². The molecule has 5 nitrogen and oxygen atoms in total. The SMILES string of the molecule is CCc1ccc(CNS(=O)(=O)c2ccnc(N)c2)cc1. The number of aryl methyl sites for hydroxylation is 1. The standard InChI is InChI=1S/C14H17N3O2S/c1-2-11-3-5-12(6-4-11)10-17-20(18,19)13-7-8-16-14(15)9-13/h3-9,17H,2,10H2,1H3,(H2,15,16). The minimum absolute atomic E-state index is 0.121. The van der Waals surface area contributed by atoms with Gasteiger partial charge in [-0.3, -0.25) is 0 Å². The van der Waals surface area contributed by atoms with E-state index in [0.29, 0.717) is 0 Å². The van der Waals surface area contributed by atoms with Crippen LogP contribution in [0.2, 0.25) is 0 Å². The van der Waals surface area contributed by atoms with Gasteiger partial charge in [-0.1, -0.05) is 31.2 Å². The Hall–Kier alpha value is -1.92. The smallest absolute Gasteiger partial charge is 0.241 e. The molecule has 0 atom stereocenters. The number of nitrogens with one attached hydrogen (secondary N) is 1. The lowest BCUT2D eigenvalue weighted by Gasteiger charge is -2.07. The summed E-state index contributed by atoms with van der Waals surface area (Å²) in [5.41, 5.74) is 7.62. The second-order valence-electron chi connectivity index (χ2n) is 4.41. The lowest BCUT2D eigenvalue weighted by Crippen LogP contribution is -2.23. The van der Waals surface area contributed by atoms with Crippen LogP contribution in [0, 0.1) is 0 Å². The minimum Gasteiger partial charge on any atom is -0.384 e. The van der Waals surface area contributed by atoms with Gasteiger partial charge in [-0.25, -0.2) is 18.1 Å². The van der Waals surface area contributed by atoms with Crippen molar-refractivity contribution >= 4 is 15.8 Å². The molecule has 0 unspecified atom stereocenters. The van der Waals surface area contributed by atoms with Crippen LogP contribution in [-0.2, 0) is 23.0 Å². The highest BCUT2D eigenvalue weighted by molar-refractivity contribution is 7.89. The monoisotopic (exact) mass is 291 g/mol. The molecule has 0 aliphatic heterocycles. The number of sulfonamides is 1. The molecule has 2 rings (SSSR count). The fourth-order valence-corrected chi connectivity index (χ4v) is 2.79. The predicted octanol–water partition coefficient (Wildman–Crippen LogP) is 1.70. The van der Waals surface area contributed by atoms with E-state index in [4.69, 9.17) is 5.73 Å². The van der Waals surface area contributed by atoms with Gasteiger partial charge in [0.2, 0.25) is 10.0 Å². The minimum atomic E-state index is -3.57. The molecule has 0 saturated carbocycles. The van der Waals surface area contributed by atoms with E-state index in [-0.39, 0.29) is 17.3 Å². The van der Waals surface area contributed by atoms with Crippen LogP contribution < -0.4 is 10.5 Å². The Balaban J connectivity index is 2.09. The molecule has 1 heterocycles. The number of hydrogen-bond donors (Lipinski definition) is 2. The van der Waals surface area contributed by atoms with Crippen LogP contribution in [-0.4, -0.2) is 13.4 Å². The molecule has 3 N–H and O–H groups in total. The first-order chi connectivity index (χ1) is 9.51. The zero-order chi connectivity index (χ0) is 14.6. The number of anilines is 1. The third kappa shape index (κ3) is 3.55. The van der Waals surface area contributed by atoms with Crippen molar-refractivity contribution in [3.8, 4) is 0 Å². The molecule has 106 valence electrons. The highest BCUT2D eigenvalue weighted by Crippen LogP contribution is 2.11. The van der Waals surface area contributed by atoms with E-state index in [1.165, 1.54) is 23.9 Å². The summed E-state index contributed by atoms with van der Waals surface area (Å²) in [6.07, 6.45) is 2.34. The van der Waals surface area contributed by atoms with E-state index in [1.54, 1.807) is 0 Å². The number of pyridine rings is 1. The summed E-state index contributed by atoms with van der Waals surface area (Å²) in [7, 11) is -3.57. The summed E-state index contributed by atoms with van der Waals surface area (Å²) in [5, 5.41) is 0. The fourth-order valence-electron chi connectivity index (χ4n) is 1.75. The molecule has 2 aromatic rings. The maximum atomic E-state index is 12.1. The third-order valence-electron chi connectivity index (χ3n) is 2.96. The Labute approximate surface area is 118 Å². The van der Waals surface area contributed by atoms with Crippen molar-refractivity contribution in [3.05, 3.63) is 53.7 Å². The second-order valence-corrected chi connectivity index (χ2v) is 6.18. The Morgan fingerprint density at radius 1 is 1.15 bits per heavy atom. The number of rotatable bonds is 5. The summed E-state index contributed by atoms with van der Waals surface area (Å²) in [6, 6.07) is 10.6. The lowest BCUT2D eigenvalue weighted by molar-refractivity contribution is 0.581. The van der Waals surface area contributed by atoms with E-state index in [9.17, 15) is 8.42 Å². The van der Waals surface area contributed by atoms with Crippen LogP contribution in [0.25, 0.3) is 0 Å². The Morgan fingerprint density at radius 3 is 2.40 bits per heavy atom. The van der Waals surface area contributed by atoms with Crippen LogP contribution in [0.4, 0.5) is 5.82 Å². The first kappa shape index (κ1) is 14.5. The predicted molar refractivity (Wildman–Crippen MR) is 78.5 cm³/mol. The van der Waals surface area contributed by atoms with Crippen LogP contribution in [0.5, 0.6) is 0 Å². The first-order valence-corrected chi connectivity index (χ1v) is 7.78. The van der Waals surface area contributed by atoms with Crippen LogP contribution in [0.3, 0.4) is 0 Å². The summed E-state index contributed by atoms with van der Waals surface area (Å²) < 4.78 is 26.7. The van der Waals surface area contributed by atoms with Crippen molar-refractivity contribution in [2.45, 2.75) is 24.8 Å². The summed E-state index contributed by atoms with van der Waals surface area (Å²) >= 11 is 0. The summed E-state index contributed by atoms with van der Waals surface area (Å²) in [4.78, 5) is 3.90. The fraction of sp³-hybridized carbons (Fsp3) is 0.214. The average Bonchev–Trinajstić information content (AvgIpc) is 2.46. The molecule has 1 aromatic carbocycles. The molecular weight excluding hydrogens is 274 g/mol. The Kier molecular flexibility index (Phi) is 4.36. The van der Waals surface area contributed by atoms with Gasteiger partial charge in [-0.2, -0.15) is 0 Å². The number of nitrogen functional groups attached to an aromatic ring is 1. The molecule has 0 spiro atoms. The van der Waals surface area contributed by atoms with Gasteiger partial charge in [-0.15, -0.1) is 0 Å². The quantitative estimate of drug-likeness (QED) is 0.878. The summed E-state index contributed by atoms with van der Waals surface area (Å²) in [6.45, 7) is 2.32. The van der Waals surface area contributed by atoms with E-state index in [1.807, 2.05) is 24.3 Å². The highest BCUT2D eigenvalue weighted by atomic mass is 32.2. The highest BCUT2D eigenvalue weighted by Gasteiger charge is 2.13. The number of nitrogens with two attached hydrogens (primary N) is 1. The molecule has 0 aliphatic rings. The molecule has 0 aliphatic carbocycles. The topological polar surface area (TPSA) is 85.1 Å². The maximum Gasteiger partial charge on any atom is 0.241 e. The number of aromatic nitrogens is 1. The molecule has 0 bridgehead atoms. The maximum absolute atomic E-state index is 12.1. The molecule has 0 amide bonds. The normalized spacial score (nSPS) is 11.4. The summed E-state index contributed by atoms with van der Waals surface area (Å²) in [5.74, 6) is 0.181. The molecule has 0 saturated heterocycles. The van der Waals surface area contributed by atoms with E-state index >= 15 is 0 Å². The van der Waals surface area contributed by atoms with Crippen LogP contribution in [0.1, 0.15) is 18.1 Å². The number of hydrogen-bond acceptors (Lipinski definition) is 4. The van der Waals surface area contributed by atoms with Gasteiger partial charge in [0, 0.05) is 18.8 Å². The Morgan fingerprint density at radius 2 is 1.80 bits per heavy atom. The zero-order valence-electron chi connectivity index (χ0n) is 11.2. The van der Waals surface area contributed by atoms with Gasteiger partial charge in [0.15, 0.2) is 0 Å². The lowest BCUT2D eigenvalue weighted by atomic mass is 10.1. The van der Waals surface area contributed by atoms with Gasteiger partial charge >= 0.3 is 0 Å². The number of nitrogens with zero attached hydrogens (tertiary/aromatic N) is 1. The van der Waals surface area contributed by atoms with E-state index in [2.05, 4.69) is 16.6 Å². The van der Waals surface area contributed by atoms with Gasteiger partial charge in [0.25, 0.3) is 0 Å². The van der Waals surface area contributed by atoms with Crippen molar-refractivity contribution in [2.75, 3.05) is 5.73 Å². The zero-order valence-corrected chi connectivity index (χ0v) is 12.0. The molecule has 20 heavy (non-hydrogen) atoms. The van der Waals surface area contributed by atoms with Crippen molar-refractivity contribution < 1.29 is 8.42 Å². The van der Waals surface area contributed by atoms with Gasteiger partial charge in [0.05, 0.1) is 4.90 Å². The van der Waals surface area contributed by atoms with Crippen molar-refractivity contribution in [1.82, 2.24) is 9.71 Å². The molecule has 0 radical (unpaired) electrons. The largest absolute Gasteiger partial charge is 0.384 e. The van der Waals surface area contributed by atoms with E-state index < -0.39 is 10.0 Å². The average molecular weight is 291 g/mol. The van der Waals surface area contributed by atoms with Gasteiger partial charge in [0.1, 0.15) is 5.82 Å².